The summed E-state index contributed by atoms with van der Waals surface area (Å²) in [5.41, 5.74) is 39.7. The summed E-state index contributed by atoms with van der Waals surface area (Å²) in [5, 5.41) is 2.30. The maximum Gasteiger partial charge on any atom is 0.139 e. The summed E-state index contributed by atoms with van der Waals surface area (Å²) in [6.45, 7) is 29.8. The Bertz CT molecular complexity index is 3680. The zero-order valence-electron chi connectivity index (χ0n) is 47.4. The van der Waals surface area contributed by atoms with E-state index in [2.05, 4.69) is 238 Å². The summed E-state index contributed by atoms with van der Waals surface area (Å²) in [5.74, 6) is 0. The number of hydrogen-bond donors (Lipinski definition) is 0. The largest absolute Gasteiger partial charge is 0.456 e. The van der Waals surface area contributed by atoms with Gasteiger partial charge in [0.05, 0.1) is 0 Å². The third-order valence-corrected chi connectivity index (χ3v) is 17.5. The quantitative estimate of drug-likeness (QED) is 0.183. The number of aryl methyl sites for hydroxylation is 2. The van der Waals surface area contributed by atoms with E-state index in [0.717, 1.165) is 45.1 Å². The molecule has 1 aromatic heterocycles. The zero-order chi connectivity index (χ0) is 52.4. The van der Waals surface area contributed by atoms with E-state index in [9.17, 15) is 0 Å². The van der Waals surface area contributed by atoms with Gasteiger partial charge in [-0.25, -0.2) is 0 Å². The van der Waals surface area contributed by atoms with Gasteiger partial charge in [0.1, 0.15) is 81.8 Å². The molecule has 7 aromatic carbocycles. The molecule has 0 radical (unpaired) electrons. The van der Waals surface area contributed by atoms with Crippen molar-refractivity contribution in [3.05, 3.63) is 158 Å². The standard InChI is InChI=1S/C62H69B9O/c1-28(2)37(17-19-39(41-24-35(61(7,8)9)15-13-29(41)3)50-32(6)52(63)56(67)57(68)53(50)64)42-26-47-45(21-30(42)4)46-23-34-22-33-14-16-36(62(10,11)12)25-44(33)49-31(5)38(43(34)27-48(46)72-47)18-20-40(49)51-54(65)58(69)60(71)59(70)55(51)66/h13-21,23-27H,1,22,63-71H2,2-12H3/b37-17+,39-19+. The van der Waals surface area contributed by atoms with E-state index < -0.39 is 0 Å². The molecular weight excluding hydrogens is 858 g/mol. The van der Waals surface area contributed by atoms with Gasteiger partial charge in [-0.2, -0.15) is 0 Å². The molecule has 2 bridgehead atoms. The lowest BCUT2D eigenvalue weighted by Gasteiger charge is -2.29. The number of benzene rings is 7. The van der Waals surface area contributed by atoms with Crippen LogP contribution in [0.15, 0.2) is 102 Å². The molecule has 0 atom stereocenters. The number of hydrogen-bond acceptors (Lipinski definition) is 1. The molecule has 8 aromatic rings. The van der Waals surface area contributed by atoms with Crippen molar-refractivity contribution in [3.63, 3.8) is 0 Å². The maximum atomic E-state index is 7.03. The highest BCUT2D eigenvalue weighted by Gasteiger charge is 2.28. The average Bonchev–Trinajstić information content (AvgIpc) is 3.66. The molecule has 1 heterocycles. The lowest BCUT2D eigenvalue weighted by molar-refractivity contribution is 0.590. The van der Waals surface area contributed by atoms with Crippen LogP contribution in [0.25, 0.3) is 66.5 Å². The van der Waals surface area contributed by atoms with Crippen LogP contribution in [0.1, 0.15) is 110 Å². The van der Waals surface area contributed by atoms with E-state index >= 15 is 0 Å². The number of rotatable bonds is 6. The van der Waals surface area contributed by atoms with E-state index in [1.807, 2.05) is 0 Å². The molecule has 0 saturated heterocycles. The molecular formula is C62H69B9O. The minimum absolute atomic E-state index is 0.00865. The zero-order valence-corrected chi connectivity index (χ0v) is 47.4. The van der Waals surface area contributed by atoms with E-state index in [0.29, 0.717) is 0 Å². The predicted molar refractivity (Wildman–Crippen MR) is 346 cm³/mol. The molecule has 0 fully saturated rings. The van der Waals surface area contributed by atoms with Gasteiger partial charge in [-0.3, -0.25) is 0 Å². The van der Waals surface area contributed by atoms with Crippen molar-refractivity contribution in [1.82, 2.24) is 0 Å². The Morgan fingerprint density at radius 1 is 0.486 bits per heavy atom. The third kappa shape index (κ3) is 8.43. The van der Waals surface area contributed by atoms with Gasteiger partial charge in [0.2, 0.25) is 0 Å². The average molecular weight is 928 g/mol. The van der Waals surface area contributed by atoms with Crippen molar-refractivity contribution in [3.8, 4) is 33.4 Å². The number of furan rings is 1. The summed E-state index contributed by atoms with van der Waals surface area (Å²) in [6, 6.07) is 28.5. The predicted octanol–water partition coefficient (Wildman–Crippen LogP) is 1.74. The van der Waals surface area contributed by atoms with E-state index in [-0.39, 0.29) is 10.8 Å². The molecule has 0 unspecified atom stereocenters. The van der Waals surface area contributed by atoms with Gasteiger partial charge in [-0.05, 0) is 176 Å². The lowest BCUT2D eigenvalue weighted by Crippen LogP contribution is -2.55. The number of allylic oxidation sites excluding steroid dienone is 4. The summed E-state index contributed by atoms with van der Waals surface area (Å²) in [6.07, 6.45) is 5.52. The SMILES string of the molecule is Bc1c(B)c(B)c(-c2ccc3c(C)c2-c2cc(C(C)(C)C)ccc2Cc2cc4c(cc2-3)oc2cc(/C(=C/C=C(\c3cc(C(C)(C)C)ccc3C)c3c(B)c(B)c(B)c(B)c3C)C(=C)C)c(C)cc24)c(B)c1B. The van der Waals surface area contributed by atoms with E-state index in [1.165, 1.54) is 144 Å². The Kier molecular flexibility index (Phi) is 13.0. The highest BCUT2D eigenvalue weighted by molar-refractivity contribution is 6.69. The molecule has 9 rings (SSSR count). The van der Waals surface area contributed by atoms with Gasteiger partial charge in [-0.1, -0.05) is 142 Å². The van der Waals surface area contributed by atoms with Crippen molar-refractivity contribution in [2.45, 2.75) is 93.4 Å². The topological polar surface area (TPSA) is 13.1 Å². The third-order valence-electron chi connectivity index (χ3n) is 17.5. The van der Waals surface area contributed by atoms with Crippen LogP contribution in [0.3, 0.4) is 0 Å². The van der Waals surface area contributed by atoms with E-state index in [4.69, 9.17) is 4.42 Å². The maximum absolute atomic E-state index is 7.03. The van der Waals surface area contributed by atoms with Crippen LogP contribution in [0.4, 0.5) is 0 Å². The summed E-state index contributed by atoms with van der Waals surface area (Å²) >= 11 is 0. The van der Waals surface area contributed by atoms with Crippen molar-refractivity contribution in [2.24, 2.45) is 0 Å². The Labute approximate surface area is 439 Å². The van der Waals surface area contributed by atoms with Crippen molar-refractivity contribution >= 4 is 153 Å². The lowest BCUT2D eigenvalue weighted by atomic mass is 9.59. The molecule has 10 heteroatoms. The first-order chi connectivity index (χ1) is 33.7. The molecule has 72 heavy (non-hydrogen) atoms. The Hall–Kier alpha value is -5.86. The van der Waals surface area contributed by atoms with Crippen molar-refractivity contribution in [1.29, 1.82) is 0 Å². The Morgan fingerprint density at radius 3 is 1.68 bits per heavy atom. The molecule has 0 N–H and O–H groups in total. The van der Waals surface area contributed by atoms with Crippen LogP contribution < -0.4 is 49.2 Å². The van der Waals surface area contributed by atoms with E-state index in [1.54, 1.807) is 0 Å². The van der Waals surface area contributed by atoms with Crippen LogP contribution >= 0.6 is 0 Å². The Morgan fingerprint density at radius 2 is 1.04 bits per heavy atom. The van der Waals surface area contributed by atoms with Gasteiger partial charge in [-0.15, -0.1) is 27.3 Å². The summed E-state index contributed by atoms with van der Waals surface area (Å²) < 4.78 is 7.03. The van der Waals surface area contributed by atoms with Gasteiger partial charge < -0.3 is 4.42 Å². The molecule has 1 aliphatic rings. The first kappa shape index (κ1) is 51.1. The Balaban J connectivity index is 1.25. The first-order valence-corrected chi connectivity index (χ1v) is 26.3. The highest BCUT2D eigenvalue weighted by atomic mass is 16.3. The van der Waals surface area contributed by atoms with Crippen molar-refractivity contribution in [2.75, 3.05) is 0 Å². The van der Waals surface area contributed by atoms with Crippen LogP contribution in [0, 0.1) is 27.7 Å². The fourth-order valence-electron chi connectivity index (χ4n) is 12.0. The van der Waals surface area contributed by atoms with Crippen LogP contribution in [0.2, 0.25) is 0 Å². The second kappa shape index (κ2) is 18.3. The fourth-order valence-corrected chi connectivity index (χ4v) is 12.0. The molecule has 0 saturated carbocycles. The van der Waals surface area contributed by atoms with Crippen LogP contribution in [-0.4, -0.2) is 70.6 Å². The fraction of sp³-hybridized carbons (Fsp3) is 0.226. The van der Waals surface area contributed by atoms with Crippen molar-refractivity contribution < 1.29 is 4.42 Å². The van der Waals surface area contributed by atoms with Crippen LogP contribution in [0.5, 0.6) is 0 Å². The second-order valence-corrected chi connectivity index (χ2v) is 24.0. The minimum atomic E-state index is 0.00865. The van der Waals surface area contributed by atoms with Gasteiger partial charge in [0.15, 0.2) is 0 Å². The second-order valence-electron chi connectivity index (χ2n) is 24.0. The smallest absolute Gasteiger partial charge is 0.139 e. The minimum Gasteiger partial charge on any atom is -0.456 e. The monoisotopic (exact) mass is 929 g/mol. The molecule has 0 spiro atoms. The molecule has 1 nitrogen and oxygen atoms in total. The first-order valence-electron chi connectivity index (χ1n) is 26.3. The van der Waals surface area contributed by atoms with Gasteiger partial charge in [0.25, 0.3) is 0 Å². The summed E-state index contributed by atoms with van der Waals surface area (Å²) in [4.78, 5) is 0. The van der Waals surface area contributed by atoms with Gasteiger partial charge >= 0.3 is 0 Å². The molecule has 0 aliphatic heterocycles. The summed E-state index contributed by atoms with van der Waals surface area (Å²) in [7, 11) is 20.6. The normalized spacial score (nSPS) is 13.0. The number of fused-ring (bicyclic) bond motifs is 9. The molecule has 350 valence electrons. The van der Waals surface area contributed by atoms with Crippen LogP contribution in [-0.2, 0) is 17.3 Å². The molecule has 1 aliphatic carbocycles. The highest BCUT2D eigenvalue weighted by Crippen LogP contribution is 2.47. The van der Waals surface area contributed by atoms with Gasteiger partial charge in [0, 0.05) is 10.8 Å². The molecule has 0 amide bonds.